The number of rotatable bonds is 6. The maximum atomic E-state index is 10.5. The number of hydrogen-bond acceptors (Lipinski definition) is 2. The Balaban J connectivity index is 2.38. The average Bonchev–Trinajstić information content (AvgIpc) is 2.25. The predicted octanol–water partition coefficient (Wildman–Crippen LogP) is 2.82. The standard InChI is InChI=1S/C12H16O2/c1-2-3-7-14-10-12-6-4-5-11(8-12)9-13/h4-6,8-9H,2-3,7,10H2,1H3. The van der Waals surface area contributed by atoms with Crippen LogP contribution in [0, 0.1) is 0 Å². The van der Waals surface area contributed by atoms with Crippen molar-refractivity contribution in [2.75, 3.05) is 6.61 Å². The maximum Gasteiger partial charge on any atom is 0.150 e. The lowest BCUT2D eigenvalue weighted by atomic mass is 10.1. The Morgan fingerprint density at radius 2 is 2.29 bits per heavy atom. The molecule has 0 aliphatic rings. The summed E-state index contributed by atoms with van der Waals surface area (Å²) in [6.07, 6.45) is 3.09. The van der Waals surface area contributed by atoms with Crippen molar-refractivity contribution in [2.24, 2.45) is 0 Å². The second-order valence-electron chi connectivity index (χ2n) is 3.27. The summed E-state index contributed by atoms with van der Waals surface area (Å²) in [5.74, 6) is 0. The molecule has 0 radical (unpaired) electrons. The Labute approximate surface area is 84.9 Å². The molecule has 0 N–H and O–H groups in total. The van der Waals surface area contributed by atoms with Gasteiger partial charge >= 0.3 is 0 Å². The second kappa shape index (κ2) is 6.33. The minimum Gasteiger partial charge on any atom is -0.377 e. The third-order valence-corrected chi connectivity index (χ3v) is 2.00. The third kappa shape index (κ3) is 3.71. The Hall–Kier alpha value is -1.15. The first-order valence-electron chi connectivity index (χ1n) is 4.98. The first-order chi connectivity index (χ1) is 6.86. The first kappa shape index (κ1) is 10.9. The van der Waals surface area contributed by atoms with Crippen LogP contribution in [-0.2, 0) is 11.3 Å². The molecule has 0 saturated heterocycles. The number of hydrogen-bond donors (Lipinski definition) is 0. The fourth-order valence-electron chi connectivity index (χ4n) is 1.19. The molecule has 0 atom stereocenters. The minimum atomic E-state index is 0.599. The highest BCUT2D eigenvalue weighted by Gasteiger charge is 1.94. The number of carbonyl (C=O) groups excluding carboxylic acids is 1. The zero-order valence-corrected chi connectivity index (χ0v) is 8.53. The van der Waals surface area contributed by atoms with Gasteiger partial charge < -0.3 is 4.74 Å². The van der Waals surface area contributed by atoms with Crippen molar-refractivity contribution in [3.63, 3.8) is 0 Å². The van der Waals surface area contributed by atoms with E-state index in [1.807, 2.05) is 18.2 Å². The van der Waals surface area contributed by atoms with Gasteiger partial charge in [0.2, 0.25) is 0 Å². The van der Waals surface area contributed by atoms with Crippen molar-refractivity contribution in [3.05, 3.63) is 35.4 Å². The molecule has 0 bridgehead atoms. The van der Waals surface area contributed by atoms with Gasteiger partial charge in [0.25, 0.3) is 0 Å². The van der Waals surface area contributed by atoms with Crippen LogP contribution in [0.15, 0.2) is 24.3 Å². The molecule has 0 amide bonds. The van der Waals surface area contributed by atoms with Crippen LogP contribution >= 0.6 is 0 Å². The highest BCUT2D eigenvalue weighted by Crippen LogP contribution is 2.05. The van der Waals surface area contributed by atoms with Gasteiger partial charge in [-0.25, -0.2) is 0 Å². The predicted molar refractivity (Wildman–Crippen MR) is 56.4 cm³/mol. The van der Waals surface area contributed by atoms with Gasteiger partial charge in [-0.3, -0.25) is 4.79 Å². The van der Waals surface area contributed by atoms with E-state index >= 15 is 0 Å². The van der Waals surface area contributed by atoms with Gasteiger partial charge in [-0.05, 0) is 18.1 Å². The molecular weight excluding hydrogens is 176 g/mol. The van der Waals surface area contributed by atoms with E-state index in [2.05, 4.69) is 6.92 Å². The molecule has 0 aliphatic heterocycles. The van der Waals surface area contributed by atoms with Crippen LogP contribution in [0.1, 0.15) is 35.7 Å². The summed E-state index contributed by atoms with van der Waals surface area (Å²) < 4.78 is 5.44. The zero-order valence-electron chi connectivity index (χ0n) is 8.53. The quantitative estimate of drug-likeness (QED) is 0.511. The number of ether oxygens (including phenoxy) is 1. The van der Waals surface area contributed by atoms with E-state index in [9.17, 15) is 4.79 Å². The molecule has 2 heteroatoms. The van der Waals surface area contributed by atoms with E-state index in [1.54, 1.807) is 6.07 Å². The number of carbonyl (C=O) groups is 1. The fraction of sp³-hybridized carbons (Fsp3) is 0.417. The van der Waals surface area contributed by atoms with E-state index in [4.69, 9.17) is 4.74 Å². The van der Waals surface area contributed by atoms with Gasteiger partial charge in [0, 0.05) is 12.2 Å². The molecular formula is C12H16O2. The summed E-state index contributed by atoms with van der Waals surface area (Å²) in [7, 11) is 0. The Bertz CT molecular complexity index is 281. The topological polar surface area (TPSA) is 26.3 Å². The molecule has 76 valence electrons. The van der Waals surface area contributed by atoms with Gasteiger partial charge in [-0.15, -0.1) is 0 Å². The summed E-state index contributed by atoms with van der Waals surface area (Å²) in [4.78, 5) is 10.5. The van der Waals surface area contributed by atoms with Crippen LogP contribution in [0.25, 0.3) is 0 Å². The number of aldehydes is 1. The lowest BCUT2D eigenvalue weighted by molar-refractivity contribution is 0.112. The van der Waals surface area contributed by atoms with Crippen molar-refractivity contribution in [3.8, 4) is 0 Å². The van der Waals surface area contributed by atoms with E-state index in [-0.39, 0.29) is 0 Å². The molecule has 1 rings (SSSR count). The maximum absolute atomic E-state index is 10.5. The summed E-state index contributed by atoms with van der Waals surface area (Å²) in [6, 6.07) is 7.50. The lowest BCUT2D eigenvalue weighted by Gasteiger charge is -2.03. The summed E-state index contributed by atoms with van der Waals surface area (Å²) in [5.41, 5.74) is 1.77. The van der Waals surface area contributed by atoms with Crippen LogP contribution in [0.2, 0.25) is 0 Å². The normalized spacial score (nSPS) is 10.1. The Morgan fingerprint density at radius 3 is 3.00 bits per heavy atom. The molecule has 0 aliphatic carbocycles. The molecule has 0 aromatic heterocycles. The molecule has 1 aromatic carbocycles. The molecule has 2 nitrogen and oxygen atoms in total. The molecule has 1 aromatic rings. The van der Waals surface area contributed by atoms with Gasteiger partial charge in [-0.1, -0.05) is 31.5 Å². The van der Waals surface area contributed by atoms with Gasteiger partial charge in [0.15, 0.2) is 0 Å². The van der Waals surface area contributed by atoms with Crippen LogP contribution < -0.4 is 0 Å². The van der Waals surface area contributed by atoms with Gasteiger partial charge in [-0.2, -0.15) is 0 Å². The molecule has 0 saturated carbocycles. The van der Waals surface area contributed by atoms with Crippen molar-refractivity contribution < 1.29 is 9.53 Å². The molecule has 0 spiro atoms. The van der Waals surface area contributed by atoms with E-state index < -0.39 is 0 Å². The minimum absolute atomic E-state index is 0.599. The largest absolute Gasteiger partial charge is 0.377 e. The molecule has 0 unspecified atom stereocenters. The molecule has 14 heavy (non-hydrogen) atoms. The van der Waals surface area contributed by atoms with Gasteiger partial charge in [0.05, 0.1) is 6.61 Å². The molecule has 0 heterocycles. The molecule has 0 fully saturated rings. The number of unbranched alkanes of at least 4 members (excludes halogenated alkanes) is 1. The van der Waals surface area contributed by atoms with E-state index in [1.165, 1.54) is 0 Å². The third-order valence-electron chi connectivity index (χ3n) is 2.00. The smallest absolute Gasteiger partial charge is 0.150 e. The van der Waals surface area contributed by atoms with Crippen LogP contribution in [0.4, 0.5) is 0 Å². The van der Waals surface area contributed by atoms with Crippen molar-refractivity contribution >= 4 is 6.29 Å². The first-order valence-corrected chi connectivity index (χ1v) is 4.98. The Kier molecular flexibility index (Phi) is 4.94. The summed E-state index contributed by atoms with van der Waals surface area (Å²) >= 11 is 0. The van der Waals surface area contributed by atoms with Crippen LogP contribution in [0.3, 0.4) is 0 Å². The lowest BCUT2D eigenvalue weighted by Crippen LogP contribution is -1.95. The average molecular weight is 192 g/mol. The van der Waals surface area contributed by atoms with Crippen molar-refractivity contribution in [1.29, 1.82) is 0 Å². The van der Waals surface area contributed by atoms with Crippen molar-refractivity contribution in [2.45, 2.75) is 26.4 Å². The highest BCUT2D eigenvalue weighted by atomic mass is 16.5. The van der Waals surface area contributed by atoms with Crippen molar-refractivity contribution in [1.82, 2.24) is 0 Å². The highest BCUT2D eigenvalue weighted by molar-refractivity contribution is 5.74. The van der Waals surface area contributed by atoms with E-state index in [0.29, 0.717) is 12.2 Å². The Morgan fingerprint density at radius 1 is 1.43 bits per heavy atom. The zero-order chi connectivity index (χ0) is 10.2. The van der Waals surface area contributed by atoms with Crippen LogP contribution in [-0.4, -0.2) is 12.9 Å². The monoisotopic (exact) mass is 192 g/mol. The summed E-state index contributed by atoms with van der Waals surface area (Å²) in [5, 5.41) is 0. The fourth-order valence-corrected chi connectivity index (χ4v) is 1.19. The van der Waals surface area contributed by atoms with E-state index in [0.717, 1.165) is 31.3 Å². The number of benzene rings is 1. The van der Waals surface area contributed by atoms with Gasteiger partial charge in [0.1, 0.15) is 6.29 Å². The second-order valence-corrected chi connectivity index (χ2v) is 3.27. The SMILES string of the molecule is CCCCOCc1cccc(C=O)c1. The summed E-state index contributed by atoms with van der Waals surface area (Å²) in [6.45, 7) is 3.53. The van der Waals surface area contributed by atoms with Crippen LogP contribution in [0.5, 0.6) is 0 Å².